The Balaban J connectivity index is 0.000000307. The molecule has 2 fully saturated rings. The fourth-order valence-electron chi connectivity index (χ4n) is 5.69. The van der Waals surface area contributed by atoms with Crippen molar-refractivity contribution in [3.63, 3.8) is 0 Å². The van der Waals surface area contributed by atoms with E-state index >= 15 is 0 Å². The Hall–Kier alpha value is -0.877. The third kappa shape index (κ3) is 9.09. The van der Waals surface area contributed by atoms with Gasteiger partial charge in [0.05, 0.1) is 0 Å². The summed E-state index contributed by atoms with van der Waals surface area (Å²) in [6, 6.07) is 19.0. The van der Waals surface area contributed by atoms with Gasteiger partial charge in [0.2, 0.25) is 0 Å². The second-order valence-electron chi connectivity index (χ2n) is 10.1. The maximum absolute atomic E-state index is 4.17. The number of benzene rings is 3. The zero-order chi connectivity index (χ0) is 23.8. The molecule has 0 bridgehead atoms. The van der Waals surface area contributed by atoms with Gasteiger partial charge in [-0.15, -0.1) is 34.1 Å². The molecule has 3 aliphatic carbocycles. The van der Waals surface area contributed by atoms with Crippen LogP contribution in [0.5, 0.6) is 0 Å². The van der Waals surface area contributed by atoms with Crippen LogP contribution in [-0.2, 0) is 26.2 Å². The van der Waals surface area contributed by atoms with Crippen LogP contribution in [0.25, 0.3) is 34.6 Å². The van der Waals surface area contributed by atoms with E-state index in [4.69, 9.17) is 0 Å². The van der Waals surface area contributed by atoms with Crippen LogP contribution in [0.4, 0.5) is 0 Å². The average Bonchev–Trinajstić information content (AvgIpc) is 3.29. The molecule has 2 saturated carbocycles. The molecule has 0 radical (unpaired) electrons. The molecule has 0 aliphatic heterocycles. The van der Waals surface area contributed by atoms with E-state index in [-0.39, 0.29) is 51.0 Å². The number of hydrogen-bond acceptors (Lipinski definition) is 0. The largest absolute Gasteiger partial charge is 2.00 e. The van der Waals surface area contributed by atoms with Crippen molar-refractivity contribution in [2.24, 2.45) is 11.8 Å². The van der Waals surface area contributed by atoms with Gasteiger partial charge in [0.25, 0.3) is 0 Å². The Bertz CT molecular complexity index is 1160. The van der Waals surface area contributed by atoms with E-state index in [0.717, 1.165) is 17.1 Å². The van der Waals surface area contributed by atoms with Gasteiger partial charge < -0.3 is 37.7 Å². The molecule has 0 atom stereocenters. The van der Waals surface area contributed by atoms with Gasteiger partial charge >= 0.3 is 26.2 Å². The molecule has 3 aliphatic rings. The van der Waals surface area contributed by atoms with Crippen LogP contribution >= 0.6 is 0 Å². The number of halogens is 2. The maximum Gasteiger partial charge on any atom is 2.00 e. The number of hydrogen-bond donors (Lipinski definition) is 0. The summed E-state index contributed by atoms with van der Waals surface area (Å²) >= 11 is 0. The van der Waals surface area contributed by atoms with Crippen LogP contribution < -0.4 is 35.3 Å². The van der Waals surface area contributed by atoms with Gasteiger partial charge in [-0.2, -0.15) is 25.7 Å². The number of fused-ring (bicyclic) bond motifs is 5. The van der Waals surface area contributed by atoms with E-state index < -0.39 is 0 Å². The molecule has 0 N–H and O–H groups in total. The summed E-state index contributed by atoms with van der Waals surface area (Å²) in [7, 11) is 0. The molecule has 3 heteroatoms. The first-order valence-corrected chi connectivity index (χ1v) is 13.5. The second kappa shape index (κ2) is 17.7. The molecule has 0 aromatic heterocycles. The van der Waals surface area contributed by atoms with Crippen LogP contribution in [0.2, 0.25) is 0 Å². The molecule has 3 aromatic carbocycles. The Kier molecular flexibility index (Phi) is 16.3. The van der Waals surface area contributed by atoms with Crippen LogP contribution in [0, 0.1) is 24.7 Å². The standard InChI is InChI=1S/C18H11.2C8H15.2ClH.Zr/c1-12-10-17-15-8-3-2-6-13(15)11-18(17)16-9-5-4-7-14(12)16;2*1-2-8-6-4-3-5-7-8;;;/h2-10H,1H2;2*2,8H,3-7H2,1H3;2*1H;/q3*-1;;;+2/p-2. The van der Waals surface area contributed by atoms with Gasteiger partial charge in [0.1, 0.15) is 0 Å². The van der Waals surface area contributed by atoms with Crippen molar-refractivity contribution >= 4 is 23.4 Å². The summed E-state index contributed by atoms with van der Waals surface area (Å²) in [4.78, 5) is 0. The molecule has 0 unspecified atom stereocenters. The zero-order valence-electron chi connectivity index (χ0n) is 22.5. The minimum atomic E-state index is 0. The van der Waals surface area contributed by atoms with Gasteiger partial charge in [0.15, 0.2) is 0 Å². The van der Waals surface area contributed by atoms with Gasteiger partial charge in [-0.05, 0) is 10.6 Å². The molecule has 198 valence electrons. The predicted octanol–water partition coefficient (Wildman–Crippen LogP) is 2.52. The third-order valence-electron chi connectivity index (χ3n) is 7.85. The summed E-state index contributed by atoms with van der Waals surface area (Å²) in [6.45, 7) is 8.55. The Morgan fingerprint density at radius 1 is 0.676 bits per heavy atom. The Labute approximate surface area is 257 Å². The molecule has 0 nitrogen and oxygen atoms in total. The molecular formula is C34H41Cl2Zr-3. The van der Waals surface area contributed by atoms with E-state index in [2.05, 4.69) is 93.9 Å². The molecule has 0 spiro atoms. The number of rotatable bonds is 2. The van der Waals surface area contributed by atoms with E-state index in [0.29, 0.717) is 0 Å². The van der Waals surface area contributed by atoms with Gasteiger partial charge in [-0.3, -0.25) is 0 Å². The zero-order valence-corrected chi connectivity index (χ0v) is 26.5. The fourth-order valence-corrected chi connectivity index (χ4v) is 5.69. The second-order valence-corrected chi connectivity index (χ2v) is 10.1. The first kappa shape index (κ1) is 34.2. The predicted molar refractivity (Wildman–Crippen MR) is 150 cm³/mol. The van der Waals surface area contributed by atoms with Crippen LogP contribution in [0.1, 0.15) is 83.6 Å². The Morgan fingerprint density at radius 2 is 1.16 bits per heavy atom. The first-order valence-electron chi connectivity index (χ1n) is 13.5. The molecule has 0 saturated heterocycles. The van der Waals surface area contributed by atoms with Crippen LogP contribution in [0.3, 0.4) is 0 Å². The molecule has 37 heavy (non-hydrogen) atoms. The summed E-state index contributed by atoms with van der Waals surface area (Å²) in [5, 5.41) is 4.76. The van der Waals surface area contributed by atoms with E-state index in [1.807, 2.05) is 0 Å². The van der Waals surface area contributed by atoms with Crippen molar-refractivity contribution in [1.82, 2.24) is 0 Å². The summed E-state index contributed by atoms with van der Waals surface area (Å²) in [6.07, 6.45) is 22.9. The minimum absolute atomic E-state index is 0. The van der Waals surface area contributed by atoms with Crippen molar-refractivity contribution < 1.29 is 51.0 Å². The monoisotopic (exact) mass is 609 g/mol. The fraction of sp³-hybridized carbons (Fsp3) is 0.412. The molecule has 3 aromatic rings. The molecule has 0 amide bonds. The SMILES string of the molecule is C=c1cc2c(c3ccccc13)=[C-]c1ccccc1-2.C[CH-]C1CCCCC1.C[CH-]C1CCCCC1.[Cl-].[Cl-].[Zr+2]. The summed E-state index contributed by atoms with van der Waals surface area (Å²) < 4.78 is 0. The van der Waals surface area contributed by atoms with E-state index in [9.17, 15) is 0 Å². The minimum Gasteiger partial charge on any atom is -1.00 e. The van der Waals surface area contributed by atoms with Crippen molar-refractivity contribution in [2.75, 3.05) is 0 Å². The Morgan fingerprint density at radius 3 is 1.68 bits per heavy atom. The normalized spacial score (nSPS) is 16.1. The van der Waals surface area contributed by atoms with Crippen LogP contribution in [-0.4, -0.2) is 0 Å². The summed E-state index contributed by atoms with van der Waals surface area (Å²) in [5.74, 6) is 1.92. The quantitative estimate of drug-likeness (QED) is 0.306. The smallest absolute Gasteiger partial charge is 1.00 e. The molecular weight excluding hydrogens is 571 g/mol. The van der Waals surface area contributed by atoms with Crippen molar-refractivity contribution in [1.29, 1.82) is 0 Å². The van der Waals surface area contributed by atoms with Gasteiger partial charge in [-0.1, -0.05) is 125 Å². The van der Waals surface area contributed by atoms with E-state index in [1.54, 1.807) is 0 Å². The van der Waals surface area contributed by atoms with Crippen molar-refractivity contribution in [2.45, 2.75) is 78.1 Å². The maximum atomic E-state index is 4.17. The van der Waals surface area contributed by atoms with Crippen LogP contribution in [0.15, 0.2) is 54.6 Å². The topological polar surface area (TPSA) is 0 Å². The summed E-state index contributed by atoms with van der Waals surface area (Å²) in [5.41, 5.74) is 3.71. The first-order chi connectivity index (χ1) is 16.7. The van der Waals surface area contributed by atoms with E-state index in [1.165, 1.54) is 96.9 Å². The average molecular weight is 612 g/mol. The van der Waals surface area contributed by atoms with Crippen molar-refractivity contribution in [3.05, 3.63) is 83.4 Å². The van der Waals surface area contributed by atoms with Gasteiger partial charge in [0, 0.05) is 0 Å². The molecule has 6 rings (SSSR count). The van der Waals surface area contributed by atoms with Crippen molar-refractivity contribution in [3.8, 4) is 11.1 Å². The third-order valence-corrected chi connectivity index (χ3v) is 7.85. The van der Waals surface area contributed by atoms with Gasteiger partial charge in [-0.25, -0.2) is 0 Å². The molecule has 0 heterocycles.